The summed E-state index contributed by atoms with van der Waals surface area (Å²) in [5.74, 6) is 0. The summed E-state index contributed by atoms with van der Waals surface area (Å²) in [6.45, 7) is 4.27. The summed E-state index contributed by atoms with van der Waals surface area (Å²) in [5.41, 5.74) is 27.3. The number of nitrogens with zero attached hydrogens (tertiary/aromatic N) is 4. The molecular weight excluding hydrogens is 1090 g/mol. The normalized spacial score (nSPS) is 11.0. The molecule has 0 heterocycles. The van der Waals surface area contributed by atoms with Crippen LogP contribution in [0.5, 0.6) is 0 Å². The highest BCUT2D eigenvalue weighted by Crippen LogP contribution is 2.43. The molecule has 90 heavy (non-hydrogen) atoms. The molecule has 430 valence electrons. The lowest BCUT2D eigenvalue weighted by Gasteiger charge is -2.27. The molecule has 0 amide bonds. The fraction of sp³-hybridized carbons (Fsp3) is 0.0233. The maximum Gasteiger partial charge on any atom is 0.0462 e. The lowest BCUT2D eigenvalue weighted by atomic mass is 10.0. The smallest absolute Gasteiger partial charge is 0.0462 e. The Kier molecular flexibility index (Phi) is 16.0. The van der Waals surface area contributed by atoms with Gasteiger partial charge in [-0.3, -0.25) is 0 Å². The molecule has 0 aliphatic carbocycles. The van der Waals surface area contributed by atoms with E-state index in [1.807, 2.05) is 0 Å². The maximum absolute atomic E-state index is 2.33. The molecule has 0 radical (unpaired) electrons. The highest BCUT2D eigenvalue weighted by molar-refractivity contribution is 5.85. The van der Waals surface area contributed by atoms with Gasteiger partial charge in [-0.15, -0.1) is 0 Å². The van der Waals surface area contributed by atoms with Gasteiger partial charge in [0.25, 0.3) is 0 Å². The zero-order valence-electron chi connectivity index (χ0n) is 50.4. The van der Waals surface area contributed by atoms with E-state index in [-0.39, 0.29) is 0 Å². The third-order valence-corrected chi connectivity index (χ3v) is 16.8. The van der Waals surface area contributed by atoms with Crippen molar-refractivity contribution in [2.75, 3.05) is 19.6 Å². The Morgan fingerprint density at radius 3 is 0.411 bits per heavy atom. The van der Waals surface area contributed by atoms with Crippen LogP contribution in [0.3, 0.4) is 0 Å². The SMILES string of the molecule is Cc1ccc(N(c2ccc(-c3ccccc3)cc2)c2ccc(-c3ccc(N(c4ccccc4)c4ccc(-c5ccc(N(c6ccccc6)c6ccc(-c7ccc(N(c8ccc(C)cc8)c8ccc(-c9ccccc9)cc8)cc7)cc6)cc5)cc4)cc3)cc2)cc1. The van der Waals surface area contributed by atoms with Gasteiger partial charge in [-0.25, -0.2) is 0 Å². The lowest BCUT2D eigenvalue weighted by Crippen LogP contribution is -2.10. The third kappa shape index (κ3) is 12.2. The summed E-state index contributed by atoms with van der Waals surface area (Å²) in [5, 5.41) is 0. The molecule has 0 saturated heterocycles. The Hall–Kier alpha value is -11.7. The van der Waals surface area contributed by atoms with E-state index >= 15 is 0 Å². The predicted octanol–water partition coefficient (Wildman–Crippen LogP) is 24.5. The molecule has 0 unspecified atom stereocenters. The first kappa shape index (κ1) is 56.1. The van der Waals surface area contributed by atoms with Crippen LogP contribution < -0.4 is 19.6 Å². The molecule has 14 aromatic carbocycles. The van der Waals surface area contributed by atoms with Crippen molar-refractivity contribution in [3.63, 3.8) is 0 Å². The van der Waals surface area contributed by atoms with Gasteiger partial charge in [0.2, 0.25) is 0 Å². The zero-order valence-corrected chi connectivity index (χ0v) is 50.4. The van der Waals surface area contributed by atoms with E-state index in [9.17, 15) is 0 Å². The molecule has 0 aliphatic rings. The molecule has 0 spiro atoms. The first-order valence-corrected chi connectivity index (χ1v) is 30.8. The Morgan fingerprint density at radius 2 is 0.244 bits per heavy atom. The molecular formula is C86H66N4. The van der Waals surface area contributed by atoms with Crippen LogP contribution >= 0.6 is 0 Å². The highest BCUT2D eigenvalue weighted by atomic mass is 15.2. The van der Waals surface area contributed by atoms with Crippen molar-refractivity contribution in [3.05, 3.63) is 375 Å². The molecule has 0 fully saturated rings. The van der Waals surface area contributed by atoms with Gasteiger partial charge in [0, 0.05) is 68.2 Å². The van der Waals surface area contributed by atoms with Crippen molar-refractivity contribution in [2.45, 2.75) is 13.8 Å². The number of aryl methyl sites for hydroxylation is 2. The number of benzene rings is 14. The van der Waals surface area contributed by atoms with Crippen LogP contribution in [0, 0.1) is 13.8 Å². The summed E-state index contributed by atoms with van der Waals surface area (Å²) in [4.78, 5) is 9.31. The van der Waals surface area contributed by atoms with E-state index in [1.54, 1.807) is 0 Å². The summed E-state index contributed by atoms with van der Waals surface area (Å²) >= 11 is 0. The van der Waals surface area contributed by atoms with Crippen LogP contribution in [0.1, 0.15) is 11.1 Å². The molecule has 4 nitrogen and oxygen atoms in total. The topological polar surface area (TPSA) is 13.0 Å². The summed E-state index contributed by atoms with van der Waals surface area (Å²) in [7, 11) is 0. The van der Waals surface area contributed by atoms with Crippen molar-refractivity contribution in [3.8, 4) is 55.6 Å². The van der Waals surface area contributed by atoms with Crippen molar-refractivity contribution in [1.29, 1.82) is 0 Å². The molecule has 14 aromatic rings. The number of rotatable bonds is 17. The maximum atomic E-state index is 2.33. The summed E-state index contributed by atoms with van der Waals surface area (Å²) in [6, 6.07) is 131. The molecule has 14 rings (SSSR count). The molecule has 0 bridgehead atoms. The van der Waals surface area contributed by atoms with Gasteiger partial charge in [0.05, 0.1) is 0 Å². The molecule has 0 atom stereocenters. The van der Waals surface area contributed by atoms with Crippen molar-refractivity contribution >= 4 is 68.2 Å². The minimum atomic E-state index is 1.08. The van der Waals surface area contributed by atoms with Gasteiger partial charge >= 0.3 is 0 Å². The third-order valence-electron chi connectivity index (χ3n) is 16.8. The molecule has 0 saturated carbocycles. The average Bonchev–Trinajstić information content (AvgIpc) is 2.71. The highest BCUT2D eigenvalue weighted by Gasteiger charge is 2.19. The quantitative estimate of drug-likeness (QED) is 0.0901. The van der Waals surface area contributed by atoms with E-state index in [0.717, 1.165) is 102 Å². The largest absolute Gasteiger partial charge is 0.311 e. The minimum Gasteiger partial charge on any atom is -0.311 e. The van der Waals surface area contributed by atoms with Gasteiger partial charge in [0.15, 0.2) is 0 Å². The molecule has 4 heteroatoms. The Balaban J connectivity index is 0.685. The fourth-order valence-electron chi connectivity index (χ4n) is 12.0. The molecule has 0 aromatic heterocycles. The second-order valence-electron chi connectivity index (χ2n) is 22.8. The van der Waals surface area contributed by atoms with Crippen molar-refractivity contribution < 1.29 is 0 Å². The van der Waals surface area contributed by atoms with E-state index < -0.39 is 0 Å². The lowest BCUT2D eigenvalue weighted by molar-refractivity contribution is 1.27. The van der Waals surface area contributed by atoms with Crippen LogP contribution in [0.15, 0.2) is 364 Å². The number of anilines is 12. The second-order valence-corrected chi connectivity index (χ2v) is 22.8. The minimum absolute atomic E-state index is 1.08. The Labute approximate surface area is 529 Å². The second kappa shape index (κ2) is 25.7. The Bertz CT molecular complexity index is 4300. The van der Waals surface area contributed by atoms with Gasteiger partial charge in [-0.1, -0.05) is 230 Å². The van der Waals surface area contributed by atoms with E-state index in [0.29, 0.717) is 0 Å². The van der Waals surface area contributed by atoms with Crippen LogP contribution in [0.4, 0.5) is 68.2 Å². The van der Waals surface area contributed by atoms with Crippen LogP contribution in [-0.4, -0.2) is 0 Å². The van der Waals surface area contributed by atoms with E-state index in [1.165, 1.54) is 33.4 Å². The van der Waals surface area contributed by atoms with Crippen LogP contribution in [0.2, 0.25) is 0 Å². The van der Waals surface area contributed by atoms with Crippen LogP contribution in [0.25, 0.3) is 55.6 Å². The summed E-state index contributed by atoms with van der Waals surface area (Å²) < 4.78 is 0. The standard InChI is InChI=1S/C86H66N4/c1-63-23-43-77(44-24-63)89(83-47-27-67(28-48-83)65-15-7-3-8-16-65)85-59-39-73(40-60-85)71-35-55-81(56-36-71)87(75-19-11-5-12-20-75)79-51-31-69(32-52-79)70-33-53-80(54-34-70)88(76-21-13-6-14-22-76)82-57-37-72(38-58-82)74-41-61-86(62-42-74)90(78-45-25-64(2)26-46-78)84-49-29-68(30-50-84)66-17-9-4-10-18-66/h3-62H,1-2H3. The predicted molar refractivity (Wildman–Crippen MR) is 382 cm³/mol. The first-order chi connectivity index (χ1) is 44.4. The fourth-order valence-corrected chi connectivity index (χ4v) is 12.0. The van der Waals surface area contributed by atoms with Crippen molar-refractivity contribution in [1.82, 2.24) is 0 Å². The number of para-hydroxylation sites is 2. The number of hydrogen-bond donors (Lipinski definition) is 0. The van der Waals surface area contributed by atoms with Gasteiger partial charge in [-0.05, 0) is 215 Å². The van der Waals surface area contributed by atoms with Crippen molar-refractivity contribution in [2.24, 2.45) is 0 Å². The van der Waals surface area contributed by atoms with Gasteiger partial charge < -0.3 is 19.6 Å². The average molecular weight is 1160 g/mol. The monoisotopic (exact) mass is 1150 g/mol. The summed E-state index contributed by atoms with van der Waals surface area (Å²) in [6.07, 6.45) is 0. The van der Waals surface area contributed by atoms with Crippen LogP contribution in [-0.2, 0) is 0 Å². The first-order valence-electron chi connectivity index (χ1n) is 30.8. The van der Waals surface area contributed by atoms with E-state index in [4.69, 9.17) is 0 Å². The van der Waals surface area contributed by atoms with E-state index in [2.05, 4.69) is 397 Å². The Morgan fingerprint density at radius 1 is 0.122 bits per heavy atom. The van der Waals surface area contributed by atoms with Gasteiger partial charge in [-0.2, -0.15) is 0 Å². The number of hydrogen-bond acceptors (Lipinski definition) is 4. The molecule has 0 N–H and O–H groups in total. The molecule has 0 aliphatic heterocycles. The van der Waals surface area contributed by atoms with Gasteiger partial charge in [0.1, 0.15) is 0 Å². The zero-order chi connectivity index (χ0) is 60.6.